The quantitative estimate of drug-likeness (QED) is 0.911. The third kappa shape index (κ3) is 3.05. The molecule has 0 fully saturated rings. The number of aromatic nitrogens is 1. The molecule has 0 atom stereocenters. The Balaban J connectivity index is 1.58. The molecule has 1 aliphatic heterocycles. The van der Waals surface area contributed by atoms with E-state index in [1.54, 1.807) is 4.88 Å². The van der Waals surface area contributed by atoms with E-state index >= 15 is 0 Å². The van der Waals surface area contributed by atoms with Crippen molar-refractivity contribution < 1.29 is 4.52 Å². The van der Waals surface area contributed by atoms with Crippen LogP contribution in [0.25, 0.3) is 0 Å². The third-order valence-corrected chi connectivity index (χ3v) is 4.45. The molecule has 0 spiro atoms. The van der Waals surface area contributed by atoms with E-state index in [0.717, 1.165) is 50.6 Å². The van der Waals surface area contributed by atoms with E-state index in [9.17, 15) is 0 Å². The summed E-state index contributed by atoms with van der Waals surface area (Å²) in [5, 5.41) is 9.54. The number of rotatable bonds is 5. The van der Waals surface area contributed by atoms with Crippen LogP contribution in [0.3, 0.4) is 0 Å². The van der Waals surface area contributed by atoms with Gasteiger partial charge in [-0.3, -0.25) is 4.90 Å². The van der Waals surface area contributed by atoms with E-state index in [-0.39, 0.29) is 0 Å². The van der Waals surface area contributed by atoms with Crippen LogP contribution in [0.2, 0.25) is 0 Å². The maximum Gasteiger partial charge on any atom is 0.151 e. The maximum absolute atomic E-state index is 5.40. The van der Waals surface area contributed by atoms with Gasteiger partial charge in [0, 0.05) is 30.6 Å². The summed E-state index contributed by atoms with van der Waals surface area (Å²) in [4.78, 5) is 3.97. The number of nitrogens with one attached hydrogen (secondary N) is 1. The van der Waals surface area contributed by atoms with Crippen LogP contribution in [-0.2, 0) is 26.1 Å². The highest BCUT2D eigenvalue weighted by Gasteiger charge is 2.18. The average molecular weight is 277 g/mol. The fourth-order valence-electron chi connectivity index (χ4n) is 2.43. The lowest BCUT2D eigenvalue weighted by Gasteiger charge is -2.25. The second-order valence-corrected chi connectivity index (χ2v) is 5.90. The summed E-state index contributed by atoms with van der Waals surface area (Å²) in [6.45, 7) is 6.82. The van der Waals surface area contributed by atoms with Crippen LogP contribution in [0.1, 0.15) is 28.8 Å². The molecule has 3 heterocycles. The Labute approximate surface area is 117 Å². The average Bonchev–Trinajstić information content (AvgIpc) is 3.05. The molecule has 0 aliphatic carbocycles. The Hall–Kier alpha value is -1.17. The van der Waals surface area contributed by atoms with Gasteiger partial charge in [0.25, 0.3) is 0 Å². The number of thiophene rings is 1. The van der Waals surface area contributed by atoms with Gasteiger partial charge in [-0.25, -0.2) is 0 Å². The van der Waals surface area contributed by atoms with Crippen molar-refractivity contribution in [2.24, 2.45) is 0 Å². The summed E-state index contributed by atoms with van der Waals surface area (Å²) in [5.74, 6) is 0.964. The highest BCUT2D eigenvalue weighted by atomic mass is 32.1. The summed E-state index contributed by atoms with van der Waals surface area (Å²) in [6, 6.07) is 4.30. The van der Waals surface area contributed by atoms with E-state index in [1.165, 1.54) is 5.56 Å². The number of nitrogens with zero attached hydrogens (tertiary/aromatic N) is 2. The Morgan fingerprint density at radius 1 is 1.53 bits per heavy atom. The van der Waals surface area contributed by atoms with Crippen LogP contribution >= 0.6 is 11.3 Å². The minimum absolute atomic E-state index is 0.786. The molecule has 19 heavy (non-hydrogen) atoms. The molecule has 2 aromatic heterocycles. The molecule has 1 aliphatic rings. The standard InChI is InChI=1S/C14H19N3OS/c1-2-15-8-12-7-13(18-16-12)10-17-5-3-14-11(9-17)4-6-19-14/h4,6-7,15H,2-3,5,8-10H2,1H3. The van der Waals surface area contributed by atoms with Crippen molar-refractivity contribution in [3.63, 3.8) is 0 Å². The first kappa shape index (κ1) is 12.8. The van der Waals surface area contributed by atoms with E-state index in [0.29, 0.717) is 0 Å². The first-order valence-corrected chi connectivity index (χ1v) is 7.66. The van der Waals surface area contributed by atoms with Gasteiger partial charge < -0.3 is 9.84 Å². The Kier molecular flexibility index (Phi) is 3.96. The van der Waals surface area contributed by atoms with Gasteiger partial charge in [-0.2, -0.15) is 0 Å². The molecule has 0 saturated heterocycles. The van der Waals surface area contributed by atoms with Crippen molar-refractivity contribution in [2.45, 2.75) is 33.0 Å². The lowest BCUT2D eigenvalue weighted by atomic mass is 10.1. The molecule has 2 aromatic rings. The van der Waals surface area contributed by atoms with Crippen LogP contribution in [-0.4, -0.2) is 23.1 Å². The van der Waals surface area contributed by atoms with E-state index < -0.39 is 0 Å². The van der Waals surface area contributed by atoms with Gasteiger partial charge in [0.2, 0.25) is 0 Å². The van der Waals surface area contributed by atoms with Crippen molar-refractivity contribution >= 4 is 11.3 Å². The molecule has 0 bridgehead atoms. The number of hydrogen-bond acceptors (Lipinski definition) is 5. The summed E-state index contributed by atoms with van der Waals surface area (Å²) in [7, 11) is 0. The van der Waals surface area contributed by atoms with Crippen LogP contribution in [0.5, 0.6) is 0 Å². The van der Waals surface area contributed by atoms with Crippen LogP contribution in [0, 0.1) is 0 Å². The Morgan fingerprint density at radius 3 is 3.37 bits per heavy atom. The third-order valence-electron chi connectivity index (χ3n) is 3.43. The molecule has 0 aromatic carbocycles. The molecular weight excluding hydrogens is 258 g/mol. The van der Waals surface area contributed by atoms with Crippen molar-refractivity contribution in [1.29, 1.82) is 0 Å². The van der Waals surface area contributed by atoms with Gasteiger partial charge in [0.05, 0.1) is 12.2 Å². The fraction of sp³-hybridized carbons (Fsp3) is 0.500. The molecule has 4 nitrogen and oxygen atoms in total. The van der Waals surface area contributed by atoms with E-state index in [2.05, 4.69) is 39.8 Å². The van der Waals surface area contributed by atoms with Gasteiger partial charge in [0.1, 0.15) is 0 Å². The molecule has 3 rings (SSSR count). The molecule has 102 valence electrons. The molecule has 0 saturated carbocycles. The van der Waals surface area contributed by atoms with E-state index in [4.69, 9.17) is 4.52 Å². The van der Waals surface area contributed by atoms with Gasteiger partial charge in [-0.05, 0) is 30.0 Å². The number of fused-ring (bicyclic) bond motifs is 1. The van der Waals surface area contributed by atoms with Crippen molar-refractivity contribution in [3.05, 3.63) is 39.4 Å². The fourth-order valence-corrected chi connectivity index (χ4v) is 3.32. The normalized spacial score (nSPS) is 15.6. The minimum Gasteiger partial charge on any atom is -0.360 e. The zero-order valence-electron chi connectivity index (χ0n) is 11.2. The summed E-state index contributed by atoms with van der Waals surface area (Å²) < 4.78 is 5.40. The minimum atomic E-state index is 0.786. The van der Waals surface area contributed by atoms with Gasteiger partial charge in [-0.15, -0.1) is 11.3 Å². The molecular formula is C14H19N3OS. The second kappa shape index (κ2) is 5.86. The number of hydrogen-bond donors (Lipinski definition) is 1. The highest BCUT2D eigenvalue weighted by Crippen LogP contribution is 2.25. The van der Waals surface area contributed by atoms with Crippen molar-refractivity contribution in [1.82, 2.24) is 15.4 Å². The monoisotopic (exact) mass is 277 g/mol. The van der Waals surface area contributed by atoms with Crippen LogP contribution in [0.15, 0.2) is 22.0 Å². The van der Waals surface area contributed by atoms with Crippen molar-refractivity contribution in [3.8, 4) is 0 Å². The zero-order chi connectivity index (χ0) is 13.1. The smallest absolute Gasteiger partial charge is 0.151 e. The highest BCUT2D eigenvalue weighted by molar-refractivity contribution is 7.10. The molecule has 0 unspecified atom stereocenters. The largest absolute Gasteiger partial charge is 0.360 e. The Bertz CT molecular complexity index is 534. The molecule has 1 N–H and O–H groups in total. The molecule has 5 heteroatoms. The van der Waals surface area contributed by atoms with E-state index in [1.807, 2.05) is 11.3 Å². The zero-order valence-corrected chi connectivity index (χ0v) is 12.0. The van der Waals surface area contributed by atoms with Gasteiger partial charge in [-0.1, -0.05) is 12.1 Å². The van der Waals surface area contributed by atoms with Crippen LogP contribution in [0.4, 0.5) is 0 Å². The summed E-state index contributed by atoms with van der Waals surface area (Å²) >= 11 is 1.88. The van der Waals surface area contributed by atoms with Gasteiger partial charge in [0.15, 0.2) is 5.76 Å². The topological polar surface area (TPSA) is 41.3 Å². The molecule has 0 amide bonds. The Morgan fingerprint density at radius 2 is 2.47 bits per heavy atom. The lowest BCUT2D eigenvalue weighted by Crippen LogP contribution is -2.28. The van der Waals surface area contributed by atoms with Gasteiger partial charge >= 0.3 is 0 Å². The first-order valence-electron chi connectivity index (χ1n) is 6.78. The van der Waals surface area contributed by atoms with Crippen molar-refractivity contribution in [2.75, 3.05) is 13.1 Å². The SMILES string of the molecule is CCNCc1cc(CN2CCc3sccc3C2)on1. The first-order chi connectivity index (χ1) is 9.35. The second-order valence-electron chi connectivity index (χ2n) is 4.89. The van der Waals surface area contributed by atoms with Crippen LogP contribution < -0.4 is 5.32 Å². The molecule has 0 radical (unpaired) electrons. The lowest BCUT2D eigenvalue weighted by molar-refractivity contribution is 0.216. The predicted molar refractivity (Wildman–Crippen MR) is 76.0 cm³/mol. The predicted octanol–water partition coefficient (Wildman–Crippen LogP) is 2.40. The summed E-state index contributed by atoms with van der Waals surface area (Å²) in [5.41, 5.74) is 2.47. The summed E-state index contributed by atoms with van der Waals surface area (Å²) in [6.07, 6.45) is 1.16. The maximum atomic E-state index is 5.40.